The van der Waals surface area contributed by atoms with Gasteiger partial charge in [0.25, 0.3) is 0 Å². The quantitative estimate of drug-likeness (QED) is 0.426. The zero-order chi connectivity index (χ0) is 17.4. The molecule has 128 valence electrons. The van der Waals surface area contributed by atoms with Gasteiger partial charge >= 0.3 is 5.97 Å². The lowest BCUT2D eigenvalue weighted by Gasteiger charge is -2.11. The summed E-state index contributed by atoms with van der Waals surface area (Å²) in [6.45, 7) is 2.14. The van der Waals surface area contributed by atoms with E-state index in [9.17, 15) is 4.79 Å². The van der Waals surface area contributed by atoms with Crippen molar-refractivity contribution in [2.24, 2.45) is 5.10 Å². The lowest BCUT2D eigenvalue weighted by Crippen LogP contribution is -2.13. The molecular weight excluding hydrogens is 332 g/mol. The summed E-state index contributed by atoms with van der Waals surface area (Å²) in [5.41, 5.74) is 9.12. The van der Waals surface area contributed by atoms with E-state index in [-0.39, 0.29) is 6.61 Å². The third-order valence-electron chi connectivity index (χ3n) is 2.74. The van der Waals surface area contributed by atoms with Gasteiger partial charge in [-0.15, -0.1) is 11.3 Å². The van der Waals surface area contributed by atoms with Crippen molar-refractivity contribution >= 4 is 34.5 Å². The van der Waals surface area contributed by atoms with Crippen LogP contribution in [0, 0.1) is 0 Å². The molecule has 0 spiro atoms. The number of nitrogens with two attached hydrogens (primary N) is 1. The zero-order valence-electron chi connectivity index (χ0n) is 13.3. The van der Waals surface area contributed by atoms with E-state index >= 15 is 0 Å². The summed E-state index contributed by atoms with van der Waals surface area (Å²) in [5.74, 6) is 0.961. The highest BCUT2D eigenvalue weighted by molar-refractivity contribution is 7.14. The van der Waals surface area contributed by atoms with Crippen LogP contribution in [0.15, 0.2) is 28.7 Å². The normalized spacial score (nSPS) is 10.6. The first-order valence-electron chi connectivity index (χ1n) is 7.09. The number of thiazole rings is 1. The van der Waals surface area contributed by atoms with Crippen LogP contribution >= 0.6 is 11.3 Å². The molecule has 1 aromatic heterocycles. The highest BCUT2D eigenvalue weighted by Crippen LogP contribution is 2.28. The number of ether oxygens (including phenoxy) is 3. The Kier molecular flexibility index (Phi) is 6.38. The second-order valence-electron chi connectivity index (χ2n) is 4.45. The van der Waals surface area contributed by atoms with Gasteiger partial charge in [0.2, 0.25) is 5.13 Å². The first-order valence-corrected chi connectivity index (χ1v) is 7.97. The summed E-state index contributed by atoms with van der Waals surface area (Å²) in [6, 6.07) is 5.25. The molecule has 0 fully saturated rings. The van der Waals surface area contributed by atoms with Gasteiger partial charge in [0.15, 0.2) is 18.1 Å². The lowest BCUT2D eigenvalue weighted by atomic mass is 10.2. The second kappa shape index (κ2) is 8.73. The molecule has 3 N–H and O–H groups in total. The van der Waals surface area contributed by atoms with Crippen LogP contribution in [-0.4, -0.2) is 37.5 Å². The Morgan fingerprint density at radius 1 is 1.42 bits per heavy atom. The first-order chi connectivity index (χ1) is 11.6. The van der Waals surface area contributed by atoms with Crippen LogP contribution in [0.25, 0.3) is 0 Å². The lowest BCUT2D eigenvalue weighted by molar-refractivity contribution is -0.142. The SMILES string of the molecule is CCOc1cc(C=NNc2nc(N)cs2)ccc1OCC(=O)OC. The summed E-state index contributed by atoms with van der Waals surface area (Å²) in [4.78, 5) is 15.2. The van der Waals surface area contributed by atoms with Crippen molar-refractivity contribution in [2.75, 3.05) is 31.5 Å². The van der Waals surface area contributed by atoms with Gasteiger partial charge in [-0.25, -0.2) is 9.78 Å². The second-order valence-corrected chi connectivity index (χ2v) is 5.31. The molecule has 0 radical (unpaired) electrons. The number of esters is 1. The third-order valence-corrected chi connectivity index (χ3v) is 3.50. The summed E-state index contributed by atoms with van der Waals surface area (Å²) in [5, 5.41) is 6.41. The monoisotopic (exact) mass is 350 g/mol. The van der Waals surface area contributed by atoms with E-state index in [0.717, 1.165) is 5.56 Å². The van der Waals surface area contributed by atoms with Gasteiger partial charge in [-0.3, -0.25) is 5.43 Å². The molecule has 0 amide bonds. The van der Waals surface area contributed by atoms with Crippen LogP contribution in [0.4, 0.5) is 10.9 Å². The number of nitrogen functional groups attached to an aromatic ring is 1. The smallest absolute Gasteiger partial charge is 0.343 e. The predicted octanol–water partition coefficient (Wildman–Crippen LogP) is 2.12. The van der Waals surface area contributed by atoms with E-state index in [4.69, 9.17) is 15.2 Å². The fourth-order valence-electron chi connectivity index (χ4n) is 1.69. The summed E-state index contributed by atoms with van der Waals surface area (Å²) < 4.78 is 15.5. The average molecular weight is 350 g/mol. The molecule has 8 nitrogen and oxygen atoms in total. The summed E-state index contributed by atoms with van der Waals surface area (Å²) in [6.07, 6.45) is 1.62. The molecular formula is C15H18N4O4S. The topological polar surface area (TPSA) is 108 Å². The fraction of sp³-hybridized carbons (Fsp3) is 0.267. The summed E-state index contributed by atoms with van der Waals surface area (Å²) in [7, 11) is 1.30. The van der Waals surface area contributed by atoms with Crippen LogP contribution in [0.2, 0.25) is 0 Å². The molecule has 24 heavy (non-hydrogen) atoms. The first kappa shape index (κ1) is 17.5. The van der Waals surface area contributed by atoms with Gasteiger partial charge in [0.05, 0.1) is 19.9 Å². The number of nitrogens with one attached hydrogen (secondary N) is 1. The standard InChI is InChI=1S/C15H18N4O4S/c1-3-22-12-6-10(4-5-11(12)23-8-14(20)21-2)7-17-19-15-18-13(16)9-24-15/h4-7,9H,3,8,16H2,1-2H3,(H,18,19). The number of carbonyl (C=O) groups is 1. The molecule has 0 bridgehead atoms. The minimum absolute atomic E-state index is 0.183. The van der Waals surface area contributed by atoms with Gasteiger partial charge in [-0.2, -0.15) is 5.10 Å². The number of hydrogen-bond acceptors (Lipinski definition) is 9. The highest BCUT2D eigenvalue weighted by Gasteiger charge is 2.08. The molecule has 0 aliphatic carbocycles. The van der Waals surface area contributed by atoms with E-state index < -0.39 is 5.97 Å². The van der Waals surface area contributed by atoms with Gasteiger partial charge < -0.3 is 19.9 Å². The molecule has 0 saturated heterocycles. The number of hydrogen-bond donors (Lipinski definition) is 2. The highest BCUT2D eigenvalue weighted by atomic mass is 32.1. The molecule has 0 aliphatic rings. The number of carbonyl (C=O) groups excluding carboxylic acids is 1. The average Bonchev–Trinajstić information content (AvgIpc) is 2.99. The van der Waals surface area contributed by atoms with Crippen LogP contribution < -0.4 is 20.6 Å². The molecule has 9 heteroatoms. The van der Waals surface area contributed by atoms with Crippen molar-refractivity contribution in [3.05, 3.63) is 29.1 Å². The van der Waals surface area contributed by atoms with Crippen molar-refractivity contribution < 1.29 is 19.0 Å². The van der Waals surface area contributed by atoms with E-state index in [1.54, 1.807) is 29.8 Å². The van der Waals surface area contributed by atoms with Gasteiger partial charge in [-0.1, -0.05) is 0 Å². The van der Waals surface area contributed by atoms with Crippen molar-refractivity contribution in [3.63, 3.8) is 0 Å². The third kappa shape index (κ3) is 5.13. The Hall–Kier alpha value is -2.81. The van der Waals surface area contributed by atoms with Crippen LogP contribution in [0.3, 0.4) is 0 Å². The zero-order valence-corrected chi connectivity index (χ0v) is 14.1. The molecule has 0 unspecified atom stereocenters. The molecule has 1 heterocycles. The van der Waals surface area contributed by atoms with E-state index in [2.05, 4.69) is 20.2 Å². The molecule has 0 saturated carbocycles. The Morgan fingerprint density at radius 2 is 2.25 bits per heavy atom. The number of rotatable bonds is 8. The van der Waals surface area contributed by atoms with Crippen molar-refractivity contribution in [1.29, 1.82) is 0 Å². The largest absolute Gasteiger partial charge is 0.490 e. The minimum Gasteiger partial charge on any atom is -0.490 e. The van der Waals surface area contributed by atoms with Gasteiger partial charge in [0.1, 0.15) is 5.82 Å². The molecule has 2 rings (SSSR count). The van der Waals surface area contributed by atoms with Gasteiger partial charge in [0, 0.05) is 5.38 Å². The Bertz CT molecular complexity index is 717. The Labute approximate surface area is 143 Å². The predicted molar refractivity (Wildman–Crippen MR) is 92.9 cm³/mol. The van der Waals surface area contributed by atoms with Crippen LogP contribution in [0.5, 0.6) is 11.5 Å². The maximum absolute atomic E-state index is 11.2. The maximum Gasteiger partial charge on any atom is 0.343 e. The Balaban J connectivity index is 2.04. The molecule has 0 atom stereocenters. The van der Waals surface area contributed by atoms with Crippen LogP contribution in [-0.2, 0) is 9.53 Å². The van der Waals surface area contributed by atoms with E-state index in [0.29, 0.717) is 29.1 Å². The molecule has 1 aromatic carbocycles. The minimum atomic E-state index is -0.463. The number of hydrazone groups is 1. The van der Waals surface area contributed by atoms with Crippen molar-refractivity contribution in [3.8, 4) is 11.5 Å². The van der Waals surface area contributed by atoms with Crippen LogP contribution in [0.1, 0.15) is 12.5 Å². The fourth-order valence-corrected chi connectivity index (χ4v) is 2.24. The molecule has 2 aromatic rings. The van der Waals surface area contributed by atoms with Gasteiger partial charge in [-0.05, 0) is 30.7 Å². The molecule has 0 aliphatic heterocycles. The van der Waals surface area contributed by atoms with E-state index in [1.807, 2.05) is 6.92 Å². The van der Waals surface area contributed by atoms with E-state index in [1.165, 1.54) is 18.4 Å². The Morgan fingerprint density at radius 3 is 2.92 bits per heavy atom. The van der Waals surface area contributed by atoms with Crippen molar-refractivity contribution in [1.82, 2.24) is 4.98 Å². The number of aromatic nitrogens is 1. The maximum atomic E-state index is 11.2. The number of benzene rings is 1. The number of anilines is 2. The summed E-state index contributed by atoms with van der Waals surface area (Å²) >= 11 is 1.36. The number of methoxy groups -OCH3 is 1. The number of nitrogens with zero attached hydrogens (tertiary/aromatic N) is 2. The van der Waals surface area contributed by atoms with Crippen molar-refractivity contribution in [2.45, 2.75) is 6.92 Å².